The Morgan fingerprint density at radius 3 is 2.56 bits per heavy atom. The second kappa shape index (κ2) is 3.04. The van der Waals surface area contributed by atoms with Gasteiger partial charge in [-0.05, 0) is 25.6 Å². The maximum Gasteiger partial charge on any atom is 0.0785 e. The second-order valence-electron chi connectivity index (χ2n) is 5.03. The number of para-hydroxylation sites is 1. The van der Waals surface area contributed by atoms with Gasteiger partial charge in [-0.3, -0.25) is 4.90 Å². The Hall–Kier alpha value is -1.42. The fraction of sp³-hybridized carbons (Fsp3) is 0.500. The van der Waals surface area contributed by atoms with Gasteiger partial charge in [0, 0.05) is 19.6 Å². The molecule has 3 rings (SSSR count). The normalized spacial score (nSPS) is 22.9. The van der Waals surface area contributed by atoms with Gasteiger partial charge < -0.3 is 16.4 Å². The van der Waals surface area contributed by atoms with Crippen molar-refractivity contribution in [1.29, 1.82) is 0 Å². The summed E-state index contributed by atoms with van der Waals surface area (Å²) >= 11 is 0. The fourth-order valence-electron chi connectivity index (χ4n) is 2.73. The van der Waals surface area contributed by atoms with Gasteiger partial charge in [0.25, 0.3) is 0 Å². The highest BCUT2D eigenvalue weighted by molar-refractivity contribution is 5.80. The fourth-order valence-corrected chi connectivity index (χ4v) is 2.73. The van der Waals surface area contributed by atoms with E-state index in [4.69, 9.17) is 11.5 Å². The Morgan fingerprint density at radius 2 is 2.00 bits per heavy atom. The molecule has 0 amide bonds. The number of nitrogen functional groups attached to an aromatic ring is 2. The lowest BCUT2D eigenvalue weighted by atomic mass is 9.77. The molecule has 2 fully saturated rings. The lowest BCUT2D eigenvalue weighted by molar-refractivity contribution is -0.0127. The molecule has 0 unspecified atom stereocenters. The molecule has 86 valence electrons. The number of nitrogens with two attached hydrogens (primary N) is 2. The van der Waals surface area contributed by atoms with Gasteiger partial charge in [-0.2, -0.15) is 0 Å². The molecule has 2 aliphatic heterocycles. The Morgan fingerprint density at radius 1 is 1.25 bits per heavy atom. The zero-order valence-electron chi connectivity index (χ0n) is 9.61. The van der Waals surface area contributed by atoms with Crippen molar-refractivity contribution in [2.45, 2.75) is 12.0 Å². The summed E-state index contributed by atoms with van der Waals surface area (Å²) in [5.41, 5.74) is 14.7. The van der Waals surface area contributed by atoms with Crippen LogP contribution in [-0.4, -0.2) is 37.1 Å². The number of rotatable bonds is 1. The summed E-state index contributed by atoms with van der Waals surface area (Å²) in [7, 11) is 2.20. The number of benzene rings is 1. The van der Waals surface area contributed by atoms with E-state index in [1.807, 2.05) is 12.1 Å². The molecule has 16 heavy (non-hydrogen) atoms. The minimum Gasteiger partial charge on any atom is -0.397 e. The van der Waals surface area contributed by atoms with Crippen LogP contribution in [0.5, 0.6) is 0 Å². The summed E-state index contributed by atoms with van der Waals surface area (Å²) in [6.07, 6.45) is 1.31. The third-order valence-corrected chi connectivity index (χ3v) is 4.15. The monoisotopic (exact) mass is 218 g/mol. The van der Waals surface area contributed by atoms with Crippen molar-refractivity contribution in [3.8, 4) is 0 Å². The molecule has 0 radical (unpaired) electrons. The first-order valence-electron chi connectivity index (χ1n) is 5.73. The van der Waals surface area contributed by atoms with Crippen molar-refractivity contribution >= 4 is 17.1 Å². The van der Waals surface area contributed by atoms with Crippen LogP contribution >= 0.6 is 0 Å². The minimum absolute atomic E-state index is 0.428. The lowest BCUT2D eigenvalue weighted by Gasteiger charge is -2.62. The van der Waals surface area contributed by atoms with E-state index in [-0.39, 0.29) is 0 Å². The van der Waals surface area contributed by atoms with Crippen LogP contribution in [0, 0.1) is 0 Å². The molecule has 0 aromatic heterocycles. The average Bonchev–Trinajstić information content (AvgIpc) is 2.20. The number of anilines is 3. The summed E-state index contributed by atoms with van der Waals surface area (Å²) in [6, 6.07) is 5.87. The van der Waals surface area contributed by atoms with Gasteiger partial charge in [-0.1, -0.05) is 6.07 Å². The van der Waals surface area contributed by atoms with Crippen LogP contribution in [0.1, 0.15) is 6.42 Å². The standard InChI is InChI=1S/C12H18N4/c1-15-6-5-12(15)7-16(8-12)10-4-2-3-9(13)11(10)14/h2-4H,5-8,13-14H2,1H3. The van der Waals surface area contributed by atoms with Crippen molar-refractivity contribution < 1.29 is 0 Å². The highest BCUT2D eigenvalue weighted by Gasteiger charge is 2.51. The van der Waals surface area contributed by atoms with Crippen LogP contribution in [0.25, 0.3) is 0 Å². The predicted molar refractivity (Wildman–Crippen MR) is 67.5 cm³/mol. The molecule has 1 aromatic carbocycles. The topological polar surface area (TPSA) is 58.5 Å². The van der Waals surface area contributed by atoms with Crippen molar-refractivity contribution in [3.63, 3.8) is 0 Å². The summed E-state index contributed by atoms with van der Waals surface area (Å²) < 4.78 is 0. The molecule has 4 heteroatoms. The van der Waals surface area contributed by atoms with Gasteiger partial charge in [0.05, 0.1) is 22.6 Å². The summed E-state index contributed by atoms with van der Waals surface area (Å²) in [4.78, 5) is 4.76. The van der Waals surface area contributed by atoms with E-state index < -0.39 is 0 Å². The first kappa shape index (κ1) is 9.78. The number of hydrogen-bond acceptors (Lipinski definition) is 4. The van der Waals surface area contributed by atoms with Gasteiger partial charge in [0.1, 0.15) is 0 Å². The second-order valence-corrected chi connectivity index (χ2v) is 5.03. The maximum absolute atomic E-state index is 6.00. The Kier molecular flexibility index (Phi) is 1.86. The van der Waals surface area contributed by atoms with Crippen LogP contribution in [0.2, 0.25) is 0 Å². The highest BCUT2D eigenvalue weighted by atomic mass is 15.4. The minimum atomic E-state index is 0.428. The van der Waals surface area contributed by atoms with Gasteiger partial charge in [0.15, 0.2) is 0 Å². The van der Waals surface area contributed by atoms with E-state index in [2.05, 4.69) is 22.9 Å². The molecule has 1 aromatic rings. The Balaban J connectivity index is 1.79. The van der Waals surface area contributed by atoms with Gasteiger partial charge in [0.2, 0.25) is 0 Å². The average molecular weight is 218 g/mol. The first-order valence-corrected chi connectivity index (χ1v) is 5.73. The van der Waals surface area contributed by atoms with Crippen LogP contribution in [0.3, 0.4) is 0 Å². The quantitative estimate of drug-likeness (QED) is 0.683. The molecule has 0 aliphatic carbocycles. The summed E-state index contributed by atoms with van der Waals surface area (Å²) in [6.45, 7) is 3.38. The number of hydrogen-bond donors (Lipinski definition) is 2. The summed E-state index contributed by atoms with van der Waals surface area (Å²) in [5.74, 6) is 0. The molecule has 0 bridgehead atoms. The van der Waals surface area contributed by atoms with Gasteiger partial charge in [-0.25, -0.2) is 0 Å². The zero-order chi connectivity index (χ0) is 11.3. The molecule has 0 atom stereocenters. The van der Waals surface area contributed by atoms with Crippen LogP contribution in [0.4, 0.5) is 17.1 Å². The summed E-state index contributed by atoms with van der Waals surface area (Å²) in [5, 5.41) is 0. The van der Waals surface area contributed by atoms with Crippen LogP contribution < -0.4 is 16.4 Å². The zero-order valence-corrected chi connectivity index (χ0v) is 9.61. The van der Waals surface area contributed by atoms with Crippen LogP contribution in [0.15, 0.2) is 18.2 Å². The number of likely N-dealkylation sites (N-methyl/N-ethyl adjacent to an activating group) is 1. The molecule has 2 aliphatic rings. The van der Waals surface area contributed by atoms with Crippen molar-refractivity contribution in [1.82, 2.24) is 4.90 Å². The molecule has 0 saturated carbocycles. The smallest absolute Gasteiger partial charge is 0.0785 e. The van der Waals surface area contributed by atoms with Crippen molar-refractivity contribution in [2.75, 3.05) is 43.0 Å². The number of nitrogens with zero attached hydrogens (tertiary/aromatic N) is 2. The Bertz CT molecular complexity index is 423. The molecular weight excluding hydrogens is 200 g/mol. The molecule has 4 nitrogen and oxygen atoms in total. The molecule has 4 N–H and O–H groups in total. The molecule has 1 spiro atoms. The van der Waals surface area contributed by atoms with Crippen molar-refractivity contribution in [2.24, 2.45) is 0 Å². The van der Waals surface area contributed by atoms with E-state index in [1.165, 1.54) is 13.0 Å². The lowest BCUT2D eigenvalue weighted by Crippen LogP contribution is -2.76. The first-order chi connectivity index (χ1) is 7.62. The highest BCUT2D eigenvalue weighted by Crippen LogP contribution is 2.42. The largest absolute Gasteiger partial charge is 0.397 e. The SMILES string of the molecule is CN1CCC12CN(c1cccc(N)c1N)C2. The third kappa shape index (κ3) is 1.13. The molecular formula is C12H18N4. The van der Waals surface area contributed by atoms with E-state index >= 15 is 0 Å². The maximum atomic E-state index is 6.00. The van der Waals surface area contributed by atoms with Crippen molar-refractivity contribution in [3.05, 3.63) is 18.2 Å². The van der Waals surface area contributed by atoms with E-state index in [0.717, 1.165) is 24.5 Å². The molecule has 2 heterocycles. The van der Waals surface area contributed by atoms with Gasteiger partial charge in [-0.15, -0.1) is 0 Å². The van der Waals surface area contributed by atoms with E-state index in [0.29, 0.717) is 11.2 Å². The molecule has 2 saturated heterocycles. The number of likely N-dealkylation sites (tertiary alicyclic amines) is 1. The van der Waals surface area contributed by atoms with E-state index in [1.54, 1.807) is 0 Å². The van der Waals surface area contributed by atoms with Gasteiger partial charge >= 0.3 is 0 Å². The third-order valence-electron chi connectivity index (χ3n) is 4.15. The van der Waals surface area contributed by atoms with E-state index in [9.17, 15) is 0 Å². The van der Waals surface area contributed by atoms with Crippen LogP contribution in [-0.2, 0) is 0 Å². The predicted octanol–water partition coefficient (Wildman–Crippen LogP) is 0.745. The Labute approximate surface area is 95.8 Å².